The summed E-state index contributed by atoms with van der Waals surface area (Å²) in [7, 11) is 0. The highest BCUT2D eigenvalue weighted by molar-refractivity contribution is 5.92. The Morgan fingerprint density at radius 3 is 2.09 bits per heavy atom. The van der Waals surface area contributed by atoms with Crippen LogP contribution < -0.4 is 0 Å². The summed E-state index contributed by atoms with van der Waals surface area (Å²) in [5.74, 6) is 1.61. The molecule has 1 heteroatoms. The maximum absolute atomic E-state index is 11.7. The normalized spacial score (nSPS) is 43.8. The summed E-state index contributed by atoms with van der Waals surface area (Å²) in [5.41, 5.74) is 0.331. The molecule has 2 atom stereocenters. The predicted octanol–water partition coefficient (Wildman–Crippen LogP) is 2.26. The van der Waals surface area contributed by atoms with Gasteiger partial charge in [-0.1, -0.05) is 27.7 Å². The number of hydrogen-bond acceptors (Lipinski definition) is 1. The number of hydrogen-bond donors (Lipinski definition) is 0. The molecule has 2 saturated carbocycles. The minimum absolute atomic E-state index is 0.00907. The highest BCUT2D eigenvalue weighted by Crippen LogP contribution is 2.69. The average Bonchev–Trinajstić information content (AvgIpc) is 2.18. The van der Waals surface area contributed by atoms with E-state index in [9.17, 15) is 4.79 Å². The van der Waals surface area contributed by atoms with Crippen LogP contribution in [0.15, 0.2) is 0 Å². The summed E-state index contributed by atoms with van der Waals surface area (Å²) < 4.78 is 0. The van der Waals surface area contributed by atoms with Crippen LogP contribution in [0.3, 0.4) is 0 Å². The fourth-order valence-corrected chi connectivity index (χ4v) is 2.72. The van der Waals surface area contributed by atoms with E-state index in [1.807, 2.05) is 0 Å². The van der Waals surface area contributed by atoms with Crippen LogP contribution in [0.25, 0.3) is 0 Å². The van der Waals surface area contributed by atoms with Crippen molar-refractivity contribution in [3.8, 4) is 0 Å². The first-order valence-corrected chi connectivity index (χ1v) is 4.42. The Labute approximate surface area is 68.2 Å². The molecule has 2 aliphatic rings. The zero-order valence-electron chi connectivity index (χ0n) is 7.77. The monoisotopic (exact) mass is 152 g/mol. The lowest BCUT2D eigenvalue weighted by atomic mass is 9.81. The Morgan fingerprint density at radius 2 is 1.82 bits per heavy atom. The molecule has 0 N–H and O–H groups in total. The average molecular weight is 152 g/mol. The molecule has 0 radical (unpaired) electrons. The minimum atomic E-state index is -0.00907. The van der Waals surface area contributed by atoms with Gasteiger partial charge in [0.25, 0.3) is 0 Å². The molecule has 11 heavy (non-hydrogen) atoms. The maximum Gasteiger partial charge on any atom is 0.142 e. The van der Waals surface area contributed by atoms with Crippen molar-refractivity contribution >= 4 is 5.78 Å². The van der Waals surface area contributed by atoms with Gasteiger partial charge in [0.05, 0.1) is 0 Å². The van der Waals surface area contributed by atoms with Gasteiger partial charge in [-0.05, 0) is 17.8 Å². The molecule has 0 aromatic carbocycles. The SMILES string of the molecule is CC1(C)C[C@@H]2[C@H](C1=O)C2(C)C. The van der Waals surface area contributed by atoms with Crippen LogP contribution in [-0.2, 0) is 4.79 Å². The molecule has 0 aliphatic heterocycles. The van der Waals surface area contributed by atoms with E-state index in [1.54, 1.807) is 0 Å². The van der Waals surface area contributed by atoms with Gasteiger partial charge in [0.15, 0.2) is 0 Å². The van der Waals surface area contributed by atoms with Crippen molar-refractivity contribution in [2.75, 3.05) is 0 Å². The number of ketones is 1. The summed E-state index contributed by atoms with van der Waals surface area (Å²) in [5, 5.41) is 0. The van der Waals surface area contributed by atoms with E-state index in [-0.39, 0.29) is 5.41 Å². The molecule has 0 aromatic rings. The Balaban J connectivity index is 2.25. The van der Waals surface area contributed by atoms with Crippen LogP contribution in [0.4, 0.5) is 0 Å². The molecule has 0 amide bonds. The Kier molecular flexibility index (Phi) is 1.03. The highest BCUT2D eigenvalue weighted by Gasteiger charge is 2.69. The molecule has 1 nitrogen and oxygen atoms in total. The molecular formula is C10H16O. The molecule has 0 bridgehead atoms. The van der Waals surface area contributed by atoms with Crippen LogP contribution in [0.5, 0.6) is 0 Å². The third kappa shape index (κ3) is 0.692. The molecule has 2 aliphatic carbocycles. The van der Waals surface area contributed by atoms with E-state index >= 15 is 0 Å². The summed E-state index contributed by atoms with van der Waals surface area (Å²) in [4.78, 5) is 11.7. The number of Topliss-reactive ketones (excluding diaryl/α,β-unsaturated/α-hetero) is 1. The summed E-state index contributed by atoms with van der Waals surface area (Å²) in [6.07, 6.45) is 1.11. The Bertz CT molecular complexity index is 225. The van der Waals surface area contributed by atoms with Gasteiger partial charge in [-0.25, -0.2) is 0 Å². The van der Waals surface area contributed by atoms with Gasteiger partial charge in [-0.2, -0.15) is 0 Å². The molecule has 0 saturated heterocycles. The van der Waals surface area contributed by atoms with Crippen molar-refractivity contribution in [1.82, 2.24) is 0 Å². The van der Waals surface area contributed by atoms with Crippen LogP contribution in [-0.4, -0.2) is 5.78 Å². The Hall–Kier alpha value is -0.330. The van der Waals surface area contributed by atoms with E-state index in [0.717, 1.165) is 6.42 Å². The topological polar surface area (TPSA) is 17.1 Å². The van der Waals surface area contributed by atoms with Gasteiger partial charge >= 0.3 is 0 Å². The maximum atomic E-state index is 11.7. The van der Waals surface area contributed by atoms with Gasteiger partial charge < -0.3 is 0 Å². The molecule has 62 valence electrons. The van der Waals surface area contributed by atoms with E-state index < -0.39 is 0 Å². The molecular weight excluding hydrogens is 136 g/mol. The number of rotatable bonds is 0. The first kappa shape index (κ1) is 7.33. The van der Waals surface area contributed by atoms with Gasteiger partial charge in [-0.3, -0.25) is 4.79 Å². The van der Waals surface area contributed by atoms with Crippen molar-refractivity contribution in [2.24, 2.45) is 22.7 Å². The fraction of sp³-hybridized carbons (Fsp3) is 0.900. The molecule has 2 rings (SSSR count). The summed E-state index contributed by atoms with van der Waals surface area (Å²) in [6.45, 7) is 8.60. The second kappa shape index (κ2) is 1.55. The molecule has 0 heterocycles. The van der Waals surface area contributed by atoms with Crippen molar-refractivity contribution in [2.45, 2.75) is 34.1 Å². The molecule has 0 unspecified atom stereocenters. The predicted molar refractivity (Wildman–Crippen MR) is 44.2 cm³/mol. The zero-order chi connectivity index (χ0) is 8.44. The third-order valence-electron chi connectivity index (χ3n) is 3.73. The van der Waals surface area contributed by atoms with Gasteiger partial charge in [0, 0.05) is 11.3 Å². The standard InChI is InChI=1S/C10H16O/c1-9(2)5-6-7(8(9)11)10(6,3)4/h6-7H,5H2,1-4H3/t6-,7-/m1/s1. The van der Waals surface area contributed by atoms with Crippen LogP contribution in [0, 0.1) is 22.7 Å². The van der Waals surface area contributed by atoms with E-state index in [1.165, 1.54) is 0 Å². The first-order valence-electron chi connectivity index (χ1n) is 4.42. The lowest BCUT2D eigenvalue weighted by Gasteiger charge is -2.21. The molecule has 2 fully saturated rings. The number of carbonyl (C=O) groups is 1. The van der Waals surface area contributed by atoms with Crippen molar-refractivity contribution in [1.29, 1.82) is 0 Å². The second-order valence-electron chi connectivity index (χ2n) is 5.36. The smallest absolute Gasteiger partial charge is 0.142 e. The van der Waals surface area contributed by atoms with E-state index in [2.05, 4.69) is 27.7 Å². The van der Waals surface area contributed by atoms with Crippen molar-refractivity contribution in [3.63, 3.8) is 0 Å². The summed E-state index contributed by atoms with van der Waals surface area (Å²) >= 11 is 0. The fourth-order valence-electron chi connectivity index (χ4n) is 2.72. The number of fused-ring (bicyclic) bond motifs is 1. The van der Waals surface area contributed by atoms with Crippen LogP contribution in [0.2, 0.25) is 0 Å². The summed E-state index contributed by atoms with van der Waals surface area (Å²) in [6, 6.07) is 0. The lowest BCUT2D eigenvalue weighted by Crippen LogP contribution is -2.24. The van der Waals surface area contributed by atoms with Crippen molar-refractivity contribution in [3.05, 3.63) is 0 Å². The van der Waals surface area contributed by atoms with Crippen LogP contribution in [0.1, 0.15) is 34.1 Å². The highest BCUT2D eigenvalue weighted by atomic mass is 16.1. The molecule has 0 aromatic heterocycles. The largest absolute Gasteiger partial charge is 0.299 e. The van der Waals surface area contributed by atoms with E-state index in [4.69, 9.17) is 0 Å². The minimum Gasteiger partial charge on any atom is -0.299 e. The third-order valence-corrected chi connectivity index (χ3v) is 3.73. The van der Waals surface area contributed by atoms with E-state index in [0.29, 0.717) is 23.0 Å². The molecule has 0 spiro atoms. The van der Waals surface area contributed by atoms with Crippen molar-refractivity contribution < 1.29 is 4.79 Å². The lowest BCUT2D eigenvalue weighted by molar-refractivity contribution is -0.127. The Morgan fingerprint density at radius 1 is 1.27 bits per heavy atom. The second-order valence-corrected chi connectivity index (χ2v) is 5.36. The van der Waals surface area contributed by atoms with Gasteiger partial charge in [0.2, 0.25) is 0 Å². The quantitative estimate of drug-likeness (QED) is 0.520. The van der Waals surface area contributed by atoms with Crippen LogP contribution >= 0.6 is 0 Å². The van der Waals surface area contributed by atoms with Gasteiger partial charge in [0.1, 0.15) is 5.78 Å². The zero-order valence-corrected chi connectivity index (χ0v) is 7.77. The first-order chi connectivity index (χ1) is 4.87. The number of carbonyl (C=O) groups excluding carboxylic acids is 1. The van der Waals surface area contributed by atoms with Gasteiger partial charge in [-0.15, -0.1) is 0 Å².